The Labute approximate surface area is 152 Å². The van der Waals surface area contributed by atoms with Crippen molar-refractivity contribution in [3.05, 3.63) is 0 Å². The monoisotopic (exact) mass is 414 g/mol. The molecule has 0 amide bonds. The van der Waals surface area contributed by atoms with E-state index < -0.39 is 87.5 Å². The Morgan fingerprint density at radius 2 is 1.38 bits per heavy atom. The van der Waals surface area contributed by atoms with Crippen LogP contribution in [0.3, 0.4) is 0 Å². The zero-order chi connectivity index (χ0) is 21.3. The summed E-state index contributed by atoms with van der Waals surface area (Å²) in [4.78, 5) is 46.1. The van der Waals surface area contributed by atoms with Crippen LogP contribution in [0.2, 0.25) is 0 Å². The molecule has 1 aliphatic heterocycles. The summed E-state index contributed by atoms with van der Waals surface area (Å²) in [6, 6.07) is 0. The first-order chi connectivity index (χ1) is 13.3. The molecule has 24 heavy (non-hydrogen) atoms. The van der Waals surface area contributed by atoms with Crippen LogP contribution in [-0.2, 0) is 42.9 Å². The van der Waals surface area contributed by atoms with Crippen molar-refractivity contribution in [2.45, 2.75) is 57.0 Å². The fraction of sp³-hybridized carbons (Fsp3) is 0.714. The maximum atomic E-state index is 11.7. The van der Waals surface area contributed by atoms with Crippen LogP contribution in [0.5, 0.6) is 0 Å². The molecule has 0 aromatic rings. The second-order valence-corrected chi connectivity index (χ2v) is 5.47. The first-order valence-corrected chi connectivity index (χ1v) is 7.39. The van der Waals surface area contributed by atoms with Crippen molar-refractivity contribution in [1.82, 2.24) is 0 Å². The Morgan fingerprint density at radius 1 is 0.875 bits per heavy atom. The van der Waals surface area contributed by atoms with Gasteiger partial charge in [0, 0.05) is 33.1 Å². The van der Waals surface area contributed by atoms with E-state index in [2.05, 4.69) is 15.9 Å². The van der Waals surface area contributed by atoms with E-state index in [9.17, 15) is 19.2 Å². The van der Waals surface area contributed by atoms with Crippen LogP contribution in [0.15, 0.2) is 0 Å². The standard InChI is InChI=1S/C14H19BrO9/c1-6(16)20-5-10-11(21-7(2)17)12(22-8(3)18)13(14(15)24-10)23-9(4)19/h10-14H,5H2,1-4H3/t10-,11+,12+,13-,14?/m1/s1/i1D,2D,3D,4D. The minimum Gasteiger partial charge on any atom is -0.463 e. The van der Waals surface area contributed by atoms with Crippen LogP contribution in [0.25, 0.3) is 0 Å². The van der Waals surface area contributed by atoms with Gasteiger partial charge in [0.25, 0.3) is 0 Å². The van der Waals surface area contributed by atoms with Gasteiger partial charge in [0.1, 0.15) is 12.7 Å². The molecule has 1 rings (SSSR count). The van der Waals surface area contributed by atoms with Crippen LogP contribution in [-0.4, -0.2) is 59.9 Å². The Hall–Kier alpha value is -1.68. The lowest BCUT2D eigenvalue weighted by molar-refractivity contribution is -0.236. The lowest BCUT2D eigenvalue weighted by Crippen LogP contribution is -2.60. The van der Waals surface area contributed by atoms with Crippen molar-refractivity contribution in [2.75, 3.05) is 6.61 Å². The summed E-state index contributed by atoms with van der Waals surface area (Å²) in [6.45, 7) is -3.44. The van der Waals surface area contributed by atoms with Crippen LogP contribution in [0.1, 0.15) is 33.1 Å². The van der Waals surface area contributed by atoms with Crippen molar-refractivity contribution >= 4 is 39.8 Å². The molecule has 0 aromatic carbocycles. The zero-order valence-corrected chi connectivity index (χ0v) is 14.1. The van der Waals surface area contributed by atoms with Gasteiger partial charge in [-0.3, -0.25) is 19.2 Å². The molecule has 136 valence electrons. The van der Waals surface area contributed by atoms with Crippen LogP contribution >= 0.6 is 15.9 Å². The SMILES string of the molecule is [2H]CC(=O)OC[C@H]1OC(Br)[C@H](OC(=O)C[2H])[C@@H](OC(=O)C[2H])[C@H]1OC(=O)C[2H]. The average Bonchev–Trinajstić information content (AvgIpc) is 2.69. The number of hydrogen-bond donors (Lipinski definition) is 0. The highest BCUT2D eigenvalue weighted by molar-refractivity contribution is 9.09. The largest absolute Gasteiger partial charge is 0.463 e. The zero-order valence-electron chi connectivity index (χ0n) is 16.5. The summed E-state index contributed by atoms with van der Waals surface area (Å²) in [5, 5.41) is -1.10. The van der Waals surface area contributed by atoms with Crippen LogP contribution < -0.4 is 0 Å². The number of carbonyl (C=O) groups excluding carboxylic acids is 4. The van der Waals surface area contributed by atoms with Gasteiger partial charge in [0.05, 0.1) is 0 Å². The van der Waals surface area contributed by atoms with Crippen molar-refractivity contribution in [1.29, 1.82) is 0 Å². The number of halogens is 1. The third kappa shape index (κ3) is 6.08. The summed E-state index contributed by atoms with van der Waals surface area (Å²) in [7, 11) is 0. The molecule has 0 N–H and O–H groups in total. The van der Waals surface area contributed by atoms with Gasteiger partial charge in [-0.2, -0.15) is 0 Å². The Kier molecular flexibility index (Phi) is 5.48. The van der Waals surface area contributed by atoms with Gasteiger partial charge in [0.2, 0.25) is 0 Å². The molecule has 0 bridgehead atoms. The molecule has 1 saturated heterocycles. The molecule has 10 heteroatoms. The molecular formula is C14H19BrO9. The minimum atomic E-state index is -1.46. The summed E-state index contributed by atoms with van der Waals surface area (Å²) < 4.78 is 53.7. The third-order valence-corrected chi connectivity index (χ3v) is 3.53. The molecule has 1 heterocycles. The summed E-state index contributed by atoms with van der Waals surface area (Å²) in [5.74, 6) is -3.90. The van der Waals surface area contributed by atoms with E-state index in [1.54, 1.807) is 0 Å². The van der Waals surface area contributed by atoms with E-state index in [0.29, 0.717) is 0 Å². The molecular weight excluding hydrogens is 392 g/mol. The highest BCUT2D eigenvalue weighted by atomic mass is 79.9. The number of alkyl halides is 1. The maximum absolute atomic E-state index is 11.7. The second-order valence-electron chi connectivity index (χ2n) is 4.57. The average molecular weight is 415 g/mol. The molecule has 0 aromatic heterocycles. The predicted octanol–water partition coefficient (Wildman–Crippen LogP) is 0.464. The number of rotatable bonds is 5. The van der Waals surface area contributed by atoms with Gasteiger partial charge in [-0.05, 0) is 0 Å². The Morgan fingerprint density at radius 3 is 1.92 bits per heavy atom. The van der Waals surface area contributed by atoms with Crippen LogP contribution in [0.4, 0.5) is 0 Å². The quantitative estimate of drug-likeness (QED) is 0.359. The highest BCUT2D eigenvalue weighted by Crippen LogP contribution is 2.31. The number of ether oxygens (including phenoxy) is 5. The molecule has 0 aliphatic carbocycles. The summed E-state index contributed by atoms with van der Waals surface area (Å²) in [5.41, 5.74) is 0. The third-order valence-electron chi connectivity index (χ3n) is 2.79. The molecule has 1 unspecified atom stereocenters. The number of esters is 4. The first-order valence-electron chi connectivity index (χ1n) is 9.30. The van der Waals surface area contributed by atoms with E-state index in [-0.39, 0.29) is 0 Å². The van der Waals surface area contributed by atoms with Crippen molar-refractivity contribution < 1.29 is 48.3 Å². The van der Waals surface area contributed by atoms with Gasteiger partial charge >= 0.3 is 23.9 Å². The smallest absolute Gasteiger partial charge is 0.303 e. The normalized spacial score (nSPS) is 31.5. The van der Waals surface area contributed by atoms with E-state index in [0.717, 1.165) is 0 Å². The molecule has 0 saturated carbocycles. The van der Waals surface area contributed by atoms with E-state index in [1.807, 2.05) is 0 Å². The molecule has 1 aliphatic rings. The maximum Gasteiger partial charge on any atom is 0.303 e. The van der Waals surface area contributed by atoms with E-state index in [4.69, 9.17) is 29.2 Å². The molecule has 0 radical (unpaired) electrons. The van der Waals surface area contributed by atoms with Gasteiger partial charge in [-0.1, -0.05) is 15.9 Å². The second kappa shape index (κ2) is 8.97. The van der Waals surface area contributed by atoms with E-state index in [1.165, 1.54) is 0 Å². The molecule has 0 spiro atoms. The van der Waals surface area contributed by atoms with Crippen molar-refractivity contribution in [2.24, 2.45) is 0 Å². The molecule has 5 atom stereocenters. The highest BCUT2D eigenvalue weighted by Gasteiger charge is 2.51. The predicted molar refractivity (Wildman–Crippen MR) is 80.9 cm³/mol. The lowest BCUT2D eigenvalue weighted by Gasteiger charge is -2.42. The van der Waals surface area contributed by atoms with Crippen molar-refractivity contribution in [3.8, 4) is 0 Å². The molecule has 9 nitrogen and oxygen atoms in total. The minimum absolute atomic E-state index is 0.482. The first kappa shape index (κ1) is 14.6. The van der Waals surface area contributed by atoms with Gasteiger partial charge < -0.3 is 23.7 Å². The summed E-state index contributed by atoms with van der Waals surface area (Å²) in [6.07, 6.45) is -5.43. The van der Waals surface area contributed by atoms with Gasteiger partial charge in [0.15, 0.2) is 23.3 Å². The lowest BCUT2D eigenvalue weighted by atomic mass is 9.99. The van der Waals surface area contributed by atoms with E-state index >= 15 is 0 Å². The van der Waals surface area contributed by atoms with Gasteiger partial charge in [-0.15, -0.1) is 0 Å². The van der Waals surface area contributed by atoms with Gasteiger partial charge in [-0.25, -0.2) is 0 Å². The fourth-order valence-electron chi connectivity index (χ4n) is 2.03. The Bertz CT molecular complexity index is 579. The number of carbonyl (C=O) groups is 4. The number of hydrogen-bond acceptors (Lipinski definition) is 9. The Balaban J connectivity index is 3.17. The van der Waals surface area contributed by atoms with Crippen LogP contribution in [0, 0.1) is 0 Å². The topological polar surface area (TPSA) is 114 Å². The summed E-state index contributed by atoms with van der Waals surface area (Å²) >= 11 is 3.09. The fourth-order valence-corrected chi connectivity index (χ4v) is 2.72. The molecule has 1 fully saturated rings. The van der Waals surface area contributed by atoms with Crippen molar-refractivity contribution in [3.63, 3.8) is 0 Å².